The number of H-pyrrole nitrogens is 1. The van der Waals surface area contributed by atoms with Crippen LogP contribution in [0.3, 0.4) is 0 Å². The molecule has 1 heterocycles. The van der Waals surface area contributed by atoms with Crippen molar-refractivity contribution in [2.45, 2.75) is 12.8 Å². The minimum Gasteiger partial charge on any atom is -0.468 e. The van der Waals surface area contributed by atoms with Crippen molar-refractivity contribution >= 4 is 34.4 Å². The zero-order valence-electron chi connectivity index (χ0n) is 19.1. The van der Waals surface area contributed by atoms with E-state index in [2.05, 4.69) is 20.4 Å². The average molecular weight is 474 g/mol. The van der Waals surface area contributed by atoms with Gasteiger partial charge in [-0.15, -0.1) is 0 Å². The molecule has 2 amide bonds. The van der Waals surface area contributed by atoms with Crippen LogP contribution in [0, 0.1) is 5.82 Å². The Bertz CT molecular complexity index is 1380. The van der Waals surface area contributed by atoms with Gasteiger partial charge < -0.3 is 20.4 Å². The summed E-state index contributed by atoms with van der Waals surface area (Å²) in [7, 11) is 1.24. The summed E-state index contributed by atoms with van der Waals surface area (Å²) in [5, 5.41) is 5.99. The van der Waals surface area contributed by atoms with Crippen LogP contribution in [0.4, 0.5) is 10.1 Å². The topological polar surface area (TPSA) is 100 Å². The van der Waals surface area contributed by atoms with Crippen LogP contribution >= 0.6 is 0 Å². The molecule has 4 rings (SSSR count). The summed E-state index contributed by atoms with van der Waals surface area (Å²) < 4.78 is 18.5. The molecule has 0 atom stereocenters. The molecule has 8 heteroatoms. The summed E-state index contributed by atoms with van der Waals surface area (Å²) in [5.74, 6) is -1.61. The van der Waals surface area contributed by atoms with Crippen LogP contribution in [0.25, 0.3) is 22.2 Å². The Morgan fingerprint density at radius 1 is 0.971 bits per heavy atom. The number of aromatic nitrogens is 1. The van der Waals surface area contributed by atoms with E-state index in [0.29, 0.717) is 17.7 Å². The summed E-state index contributed by atoms with van der Waals surface area (Å²) in [4.78, 5) is 39.6. The van der Waals surface area contributed by atoms with Crippen LogP contribution in [-0.2, 0) is 20.7 Å². The molecule has 0 bridgehead atoms. The lowest BCUT2D eigenvalue weighted by Gasteiger charge is -2.09. The number of aryl methyl sites for hydroxylation is 1. The van der Waals surface area contributed by atoms with Gasteiger partial charge in [0.1, 0.15) is 12.4 Å². The third kappa shape index (κ3) is 5.73. The van der Waals surface area contributed by atoms with Gasteiger partial charge in [0.05, 0.1) is 7.11 Å². The van der Waals surface area contributed by atoms with E-state index >= 15 is 0 Å². The summed E-state index contributed by atoms with van der Waals surface area (Å²) in [6.45, 7) is -0.249. The van der Waals surface area contributed by atoms with Gasteiger partial charge in [-0.25, -0.2) is 4.39 Å². The summed E-state index contributed by atoms with van der Waals surface area (Å²) in [6, 6.07) is 20.7. The number of fused-ring (bicyclic) bond motifs is 1. The van der Waals surface area contributed by atoms with Gasteiger partial charge in [0.25, 0.3) is 5.91 Å². The molecule has 7 nitrogen and oxygen atoms in total. The fraction of sp³-hybridized carbons (Fsp3) is 0.148. The number of hydrogen-bond acceptors (Lipinski definition) is 4. The Labute approximate surface area is 201 Å². The van der Waals surface area contributed by atoms with E-state index in [4.69, 9.17) is 0 Å². The van der Waals surface area contributed by atoms with Crippen molar-refractivity contribution in [2.24, 2.45) is 0 Å². The second kappa shape index (κ2) is 10.6. The zero-order chi connectivity index (χ0) is 24.8. The number of anilines is 1. The molecule has 0 spiro atoms. The number of halogens is 1. The van der Waals surface area contributed by atoms with Gasteiger partial charge in [-0.05, 0) is 53.9 Å². The molecule has 35 heavy (non-hydrogen) atoms. The average Bonchev–Trinajstić information content (AvgIpc) is 3.24. The molecule has 0 fully saturated rings. The molecule has 0 aliphatic heterocycles. The van der Waals surface area contributed by atoms with Crippen molar-refractivity contribution in [3.63, 3.8) is 0 Å². The Balaban J connectivity index is 1.48. The van der Waals surface area contributed by atoms with Crippen LogP contribution in [0.1, 0.15) is 22.3 Å². The van der Waals surface area contributed by atoms with Gasteiger partial charge in [-0.3, -0.25) is 14.4 Å². The monoisotopic (exact) mass is 473 g/mol. The molecule has 3 aromatic carbocycles. The number of aromatic amines is 1. The minimum atomic E-state index is -0.560. The van der Waals surface area contributed by atoms with Crippen LogP contribution in [0.5, 0.6) is 0 Å². The maximum Gasteiger partial charge on any atom is 0.325 e. The van der Waals surface area contributed by atoms with E-state index in [1.54, 1.807) is 24.3 Å². The van der Waals surface area contributed by atoms with E-state index in [-0.39, 0.29) is 24.7 Å². The highest BCUT2D eigenvalue weighted by atomic mass is 19.1. The third-order valence-corrected chi connectivity index (χ3v) is 5.56. The highest BCUT2D eigenvalue weighted by molar-refractivity contribution is 5.98. The fourth-order valence-corrected chi connectivity index (χ4v) is 3.86. The molecule has 0 radical (unpaired) electrons. The molecule has 0 unspecified atom stereocenters. The first-order chi connectivity index (χ1) is 16.9. The van der Waals surface area contributed by atoms with E-state index in [0.717, 1.165) is 27.7 Å². The maximum atomic E-state index is 14.0. The van der Waals surface area contributed by atoms with Crippen LogP contribution in [0.15, 0.2) is 72.8 Å². The van der Waals surface area contributed by atoms with Crippen LogP contribution < -0.4 is 10.6 Å². The van der Waals surface area contributed by atoms with Gasteiger partial charge in [0.15, 0.2) is 0 Å². The van der Waals surface area contributed by atoms with E-state index < -0.39 is 11.9 Å². The van der Waals surface area contributed by atoms with Crippen LogP contribution in [-0.4, -0.2) is 36.4 Å². The lowest BCUT2D eigenvalue weighted by molar-refractivity contribution is -0.139. The van der Waals surface area contributed by atoms with Crippen molar-refractivity contribution in [1.82, 2.24) is 10.3 Å². The number of methoxy groups -OCH3 is 1. The number of nitrogens with one attached hydrogen (secondary N) is 3. The fourth-order valence-electron chi connectivity index (χ4n) is 3.86. The predicted molar refractivity (Wildman–Crippen MR) is 131 cm³/mol. The Hall–Kier alpha value is -4.46. The number of carbonyl (C=O) groups is 3. The third-order valence-electron chi connectivity index (χ3n) is 5.56. The zero-order valence-corrected chi connectivity index (χ0v) is 19.1. The molecule has 0 aliphatic rings. The molecular formula is C27H24FN3O4. The van der Waals surface area contributed by atoms with E-state index in [1.165, 1.54) is 25.3 Å². The Morgan fingerprint density at radius 2 is 1.77 bits per heavy atom. The predicted octanol–water partition coefficient (Wildman–Crippen LogP) is 4.45. The SMILES string of the molecule is COC(=O)CNC(=O)c1cccc(NC(=O)CCc2c(-c3ccccc3)[nH]c3ccc(F)cc23)c1. The highest BCUT2D eigenvalue weighted by Crippen LogP contribution is 2.32. The van der Waals surface area contributed by atoms with Gasteiger partial charge in [-0.1, -0.05) is 36.4 Å². The van der Waals surface area contributed by atoms with Crippen molar-refractivity contribution in [2.75, 3.05) is 19.0 Å². The first kappa shape index (κ1) is 23.7. The Morgan fingerprint density at radius 3 is 2.54 bits per heavy atom. The van der Waals surface area contributed by atoms with Crippen molar-refractivity contribution in [3.8, 4) is 11.3 Å². The van der Waals surface area contributed by atoms with E-state index in [1.807, 2.05) is 30.3 Å². The highest BCUT2D eigenvalue weighted by Gasteiger charge is 2.16. The summed E-state index contributed by atoms with van der Waals surface area (Å²) in [5.41, 5.74) is 4.20. The molecule has 0 saturated carbocycles. The van der Waals surface area contributed by atoms with Gasteiger partial charge >= 0.3 is 5.97 Å². The lowest BCUT2D eigenvalue weighted by Crippen LogP contribution is -2.30. The number of rotatable bonds is 8. The molecule has 3 N–H and O–H groups in total. The first-order valence-electron chi connectivity index (χ1n) is 11.0. The molecule has 1 aromatic heterocycles. The standard InChI is InChI=1S/C27H24FN3O4/c1-35-25(33)16-29-27(34)18-8-5-9-20(14-18)30-24(32)13-11-21-22-15-19(28)10-12-23(22)31-26(21)17-6-3-2-4-7-17/h2-10,12,14-15,31H,11,13,16H2,1H3,(H,29,34)(H,30,32). The number of hydrogen-bond donors (Lipinski definition) is 3. The maximum absolute atomic E-state index is 14.0. The van der Waals surface area contributed by atoms with E-state index in [9.17, 15) is 18.8 Å². The van der Waals surface area contributed by atoms with Gasteiger partial charge in [0.2, 0.25) is 5.91 Å². The number of amides is 2. The summed E-state index contributed by atoms with van der Waals surface area (Å²) in [6.07, 6.45) is 0.543. The number of benzene rings is 3. The molecule has 0 saturated heterocycles. The molecule has 178 valence electrons. The summed E-state index contributed by atoms with van der Waals surface area (Å²) >= 11 is 0. The first-order valence-corrected chi connectivity index (χ1v) is 11.0. The largest absolute Gasteiger partial charge is 0.468 e. The normalized spacial score (nSPS) is 10.7. The number of ether oxygens (including phenoxy) is 1. The molecule has 0 aliphatic carbocycles. The van der Waals surface area contributed by atoms with Crippen molar-refractivity contribution in [1.29, 1.82) is 0 Å². The second-order valence-corrected chi connectivity index (χ2v) is 7.92. The second-order valence-electron chi connectivity index (χ2n) is 7.92. The lowest BCUT2D eigenvalue weighted by atomic mass is 10.0. The van der Waals surface area contributed by atoms with Crippen molar-refractivity contribution < 1.29 is 23.5 Å². The molecular weight excluding hydrogens is 449 g/mol. The number of esters is 1. The van der Waals surface area contributed by atoms with Gasteiger partial charge in [-0.2, -0.15) is 0 Å². The smallest absolute Gasteiger partial charge is 0.325 e. The minimum absolute atomic E-state index is 0.155. The van der Waals surface area contributed by atoms with Crippen LogP contribution in [0.2, 0.25) is 0 Å². The Kier molecular flexibility index (Phi) is 7.21. The van der Waals surface area contributed by atoms with Gasteiger partial charge in [0, 0.05) is 34.3 Å². The van der Waals surface area contributed by atoms with Crippen molar-refractivity contribution in [3.05, 3.63) is 89.7 Å². The number of carbonyl (C=O) groups excluding carboxylic acids is 3. The quantitative estimate of drug-likeness (QED) is 0.329. The molecule has 4 aromatic rings.